The molecule has 1 fully saturated rings. The Bertz CT molecular complexity index is 587. The van der Waals surface area contributed by atoms with E-state index >= 15 is 0 Å². The maximum absolute atomic E-state index is 6.03. The molecule has 1 saturated heterocycles. The molecule has 0 spiro atoms. The van der Waals surface area contributed by atoms with E-state index in [1.807, 2.05) is 12.1 Å². The van der Waals surface area contributed by atoms with Gasteiger partial charge in [0.2, 0.25) is 0 Å². The first-order valence-corrected chi connectivity index (χ1v) is 7.33. The summed E-state index contributed by atoms with van der Waals surface area (Å²) in [6.45, 7) is 7.88. The zero-order valence-corrected chi connectivity index (χ0v) is 12.0. The summed E-state index contributed by atoms with van der Waals surface area (Å²) < 4.78 is 7.70. The minimum atomic E-state index is 0.766. The summed E-state index contributed by atoms with van der Waals surface area (Å²) >= 11 is 0. The van der Waals surface area contributed by atoms with E-state index in [1.54, 1.807) is 0 Å². The number of fused-ring (bicyclic) bond motifs is 1. The summed E-state index contributed by atoms with van der Waals surface area (Å²) in [6.07, 6.45) is 0.928. The number of benzene rings is 1. The van der Waals surface area contributed by atoms with Crippen molar-refractivity contribution in [3.05, 3.63) is 24.0 Å². The Hall–Kier alpha value is -1.59. The fourth-order valence-electron chi connectivity index (χ4n) is 2.80. The molecule has 2 heterocycles. The number of anilines is 1. The van der Waals surface area contributed by atoms with E-state index in [-0.39, 0.29) is 0 Å². The lowest BCUT2D eigenvalue weighted by Crippen LogP contribution is -2.38. The average Bonchev–Trinajstić information content (AvgIpc) is 2.85. The topological polar surface area (TPSA) is 56.3 Å². The molecular weight excluding hydrogens is 252 g/mol. The second-order valence-corrected chi connectivity index (χ2v) is 5.20. The molecule has 0 radical (unpaired) electrons. The lowest BCUT2D eigenvalue weighted by Gasteiger charge is -2.26. The second-order valence-electron chi connectivity index (χ2n) is 5.20. The first-order chi connectivity index (χ1) is 9.79. The number of imidazole rings is 1. The number of ether oxygens (including phenoxy) is 1. The van der Waals surface area contributed by atoms with Gasteiger partial charge in [0.05, 0.1) is 24.4 Å². The molecule has 1 aliphatic rings. The van der Waals surface area contributed by atoms with Crippen LogP contribution in [0, 0.1) is 0 Å². The summed E-state index contributed by atoms with van der Waals surface area (Å²) in [6, 6.07) is 6.03. The Morgan fingerprint density at radius 1 is 1.25 bits per heavy atom. The molecule has 0 unspecified atom stereocenters. The van der Waals surface area contributed by atoms with Crippen LogP contribution >= 0.6 is 0 Å². The van der Waals surface area contributed by atoms with Gasteiger partial charge in [-0.1, -0.05) is 13.0 Å². The average molecular weight is 274 g/mol. The molecule has 0 aliphatic carbocycles. The number of nitrogen functional groups attached to an aromatic ring is 1. The van der Waals surface area contributed by atoms with Crippen LogP contribution in [0.2, 0.25) is 0 Å². The maximum atomic E-state index is 6.03. The van der Waals surface area contributed by atoms with Crippen molar-refractivity contribution >= 4 is 16.7 Å². The molecule has 2 N–H and O–H groups in total. The molecule has 5 nitrogen and oxygen atoms in total. The molecule has 0 atom stereocenters. The van der Waals surface area contributed by atoms with E-state index in [1.165, 1.54) is 0 Å². The van der Waals surface area contributed by atoms with E-state index in [0.29, 0.717) is 0 Å². The Morgan fingerprint density at radius 2 is 2.05 bits per heavy atom. The van der Waals surface area contributed by atoms with Crippen molar-refractivity contribution in [1.29, 1.82) is 0 Å². The number of nitrogens with two attached hydrogens (primary N) is 1. The Kier molecular flexibility index (Phi) is 3.89. The summed E-state index contributed by atoms with van der Waals surface area (Å²) in [7, 11) is 0. The van der Waals surface area contributed by atoms with Crippen molar-refractivity contribution in [2.75, 3.05) is 38.6 Å². The normalized spacial score (nSPS) is 16.9. The lowest BCUT2D eigenvalue weighted by atomic mass is 10.2. The number of aromatic nitrogens is 2. The predicted octanol–water partition coefficient (Wildman–Crippen LogP) is 1.51. The Balaban J connectivity index is 1.84. The van der Waals surface area contributed by atoms with Gasteiger partial charge >= 0.3 is 0 Å². The highest BCUT2D eigenvalue weighted by atomic mass is 16.5. The minimum Gasteiger partial charge on any atom is -0.397 e. The van der Waals surface area contributed by atoms with Crippen LogP contribution in [-0.4, -0.2) is 47.3 Å². The minimum absolute atomic E-state index is 0.766. The largest absolute Gasteiger partial charge is 0.397 e. The van der Waals surface area contributed by atoms with E-state index in [4.69, 9.17) is 10.5 Å². The molecule has 20 heavy (non-hydrogen) atoms. The van der Waals surface area contributed by atoms with Gasteiger partial charge in [-0.05, 0) is 12.1 Å². The molecule has 5 heteroatoms. The fraction of sp³-hybridized carbons (Fsp3) is 0.533. The monoisotopic (exact) mass is 274 g/mol. The van der Waals surface area contributed by atoms with Crippen molar-refractivity contribution < 1.29 is 4.74 Å². The molecule has 1 aliphatic heterocycles. The highest BCUT2D eigenvalue weighted by molar-refractivity contribution is 5.87. The highest BCUT2D eigenvalue weighted by Crippen LogP contribution is 2.22. The number of nitrogens with zero attached hydrogens (tertiary/aromatic N) is 3. The van der Waals surface area contributed by atoms with Gasteiger partial charge in [0.15, 0.2) is 0 Å². The number of para-hydroxylation sites is 1. The van der Waals surface area contributed by atoms with Gasteiger partial charge in [-0.3, -0.25) is 4.90 Å². The summed E-state index contributed by atoms with van der Waals surface area (Å²) in [4.78, 5) is 7.13. The van der Waals surface area contributed by atoms with Gasteiger partial charge in [0, 0.05) is 32.6 Å². The van der Waals surface area contributed by atoms with Crippen LogP contribution in [0.3, 0.4) is 0 Å². The maximum Gasteiger partial charge on any atom is 0.112 e. The van der Waals surface area contributed by atoms with Gasteiger partial charge in [-0.15, -0.1) is 0 Å². The first kappa shape index (κ1) is 13.4. The number of aryl methyl sites for hydroxylation is 1. The van der Waals surface area contributed by atoms with E-state index in [0.717, 1.165) is 68.4 Å². The fourth-order valence-corrected chi connectivity index (χ4v) is 2.80. The van der Waals surface area contributed by atoms with Gasteiger partial charge in [-0.25, -0.2) is 4.98 Å². The standard InChI is InChI=1S/C15H22N4O/c1-2-14-17-15-12(16)4-3-5-13(15)19(14)7-6-18-8-10-20-11-9-18/h3-5H,2,6-11,16H2,1H3. The molecular formula is C15H22N4O. The third kappa shape index (κ3) is 2.51. The zero-order valence-electron chi connectivity index (χ0n) is 12.0. The van der Waals surface area contributed by atoms with E-state index < -0.39 is 0 Å². The Morgan fingerprint density at radius 3 is 2.80 bits per heavy atom. The number of hydrogen-bond donors (Lipinski definition) is 1. The number of morpholine rings is 1. The zero-order chi connectivity index (χ0) is 13.9. The highest BCUT2D eigenvalue weighted by Gasteiger charge is 2.14. The number of hydrogen-bond acceptors (Lipinski definition) is 4. The van der Waals surface area contributed by atoms with Crippen LogP contribution in [0.15, 0.2) is 18.2 Å². The van der Waals surface area contributed by atoms with E-state index in [9.17, 15) is 0 Å². The Labute approximate surface area is 119 Å². The van der Waals surface area contributed by atoms with Crippen molar-refractivity contribution in [1.82, 2.24) is 14.5 Å². The van der Waals surface area contributed by atoms with Gasteiger partial charge in [0.1, 0.15) is 11.3 Å². The smallest absolute Gasteiger partial charge is 0.112 e. The molecule has 0 amide bonds. The van der Waals surface area contributed by atoms with Crippen molar-refractivity contribution in [2.24, 2.45) is 0 Å². The summed E-state index contributed by atoms with van der Waals surface area (Å²) in [5, 5.41) is 0. The van der Waals surface area contributed by atoms with E-state index in [2.05, 4.69) is 27.4 Å². The molecule has 0 bridgehead atoms. The molecule has 0 saturated carbocycles. The van der Waals surface area contributed by atoms with Gasteiger partial charge < -0.3 is 15.0 Å². The quantitative estimate of drug-likeness (QED) is 0.859. The molecule has 108 valence electrons. The van der Waals surface area contributed by atoms with Crippen LogP contribution in [0.4, 0.5) is 5.69 Å². The molecule has 3 rings (SSSR count). The third-order valence-corrected chi connectivity index (χ3v) is 3.95. The van der Waals surface area contributed by atoms with Crippen molar-refractivity contribution in [2.45, 2.75) is 19.9 Å². The first-order valence-electron chi connectivity index (χ1n) is 7.33. The van der Waals surface area contributed by atoms with Crippen LogP contribution in [-0.2, 0) is 17.7 Å². The molecule has 1 aromatic carbocycles. The lowest BCUT2D eigenvalue weighted by molar-refractivity contribution is 0.0364. The van der Waals surface area contributed by atoms with Crippen molar-refractivity contribution in [3.8, 4) is 0 Å². The van der Waals surface area contributed by atoms with Crippen LogP contribution in [0.25, 0.3) is 11.0 Å². The SMILES string of the molecule is CCc1nc2c(N)cccc2n1CCN1CCOCC1. The predicted molar refractivity (Wildman–Crippen MR) is 80.8 cm³/mol. The molecule has 1 aromatic heterocycles. The van der Waals surface area contributed by atoms with Gasteiger partial charge in [0.25, 0.3) is 0 Å². The third-order valence-electron chi connectivity index (χ3n) is 3.95. The summed E-state index contributed by atoms with van der Waals surface area (Å²) in [5.74, 6) is 1.12. The number of rotatable bonds is 4. The molecule has 2 aromatic rings. The van der Waals surface area contributed by atoms with Crippen LogP contribution in [0.5, 0.6) is 0 Å². The van der Waals surface area contributed by atoms with Gasteiger partial charge in [-0.2, -0.15) is 0 Å². The summed E-state index contributed by atoms with van der Waals surface area (Å²) in [5.41, 5.74) is 8.88. The van der Waals surface area contributed by atoms with Crippen LogP contribution in [0.1, 0.15) is 12.7 Å². The van der Waals surface area contributed by atoms with Crippen molar-refractivity contribution in [3.63, 3.8) is 0 Å². The van der Waals surface area contributed by atoms with Crippen LogP contribution < -0.4 is 5.73 Å². The second kappa shape index (κ2) is 5.81.